The van der Waals surface area contributed by atoms with Crippen molar-refractivity contribution in [3.8, 4) is 5.75 Å². The highest BCUT2D eigenvalue weighted by atomic mass is 19.4. The lowest BCUT2D eigenvalue weighted by molar-refractivity contribution is -0.202. The smallest absolute Gasteiger partial charge is 0.414 e. The van der Waals surface area contributed by atoms with Crippen molar-refractivity contribution in [1.82, 2.24) is 0 Å². The first kappa shape index (κ1) is 13.5. The topological polar surface area (TPSA) is 46.5 Å². The van der Waals surface area contributed by atoms with E-state index in [-0.39, 0.29) is 5.56 Å². The molecule has 0 fully saturated rings. The summed E-state index contributed by atoms with van der Waals surface area (Å²) in [7, 11) is 1.43. The Balaban J connectivity index is 2.70. The van der Waals surface area contributed by atoms with Crippen LogP contribution in [0.4, 0.5) is 13.2 Å². The van der Waals surface area contributed by atoms with Crippen molar-refractivity contribution in [2.75, 3.05) is 7.11 Å². The van der Waals surface area contributed by atoms with E-state index in [2.05, 4.69) is 0 Å². The number of ketones is 1. The highest BCUT2D eigenvalue weighted by Gasteiger charge is 2.39. The van der Waals surface area contributed by atoms with E-state index in [4.69, 9.17) is 9.84 Å². The molecule has 3 nitrogen and oxygen atoms in total. The van der Waals surface area contributed by atoms with Crippen LogP contribution in [-0.4, -0.2) is 30.3 Å². The van der Waals surface area contributed by atoms with Crippen molar-refractivity contribution in [2.45, 2.75) is 18.7 Å². The summed E-state index contributed by atoms with van der Waals surface area (Å²) in [5.74, 6) is -0.268. The first-order chi connectivity index (χ1) is 7.84. The molecule has 0 spiro atoms. The Morgan fingerprint density at radius 1 is 1.35 bits per heavy atom. The molecule has 94 valence electrons. The van der Waals surface area contributed by atoms with Gasteiger partial charge in [-0.15, -0.1) is 0 Å². The number of Topliss-reactive ketones (excluding diaryl/α,β-unsaturated/α-hetero) is 1. The minimum atomic E-state index is -4.78. The molecule has 6 heteroatoms. The zero-order valence-electron chi connectivity index (χ0n) is 8.99. The third-order valence-corrected chi connectivity index (χ3v) is 2.17. The fourth-order valence-corrected chi connectivity index (χ4v) is 1.19. The van der Waals surface area contributed by atoms with Crippen LogP contribution >= 0.6 is 0 Å². The Morgan fingerprint density at radius 2 is 1.88 bits per heavy atom. The number of ether oxygens (including phenoxy) is 1. The number of methoxy groups -OCH3 is 1. The third-order valence-electron chi connectivity index (χ3n) is 2.17. The monoisotopic (exact) mass is 248 g/mol. The number of benzene rings is 1. The summed E-state index contributed by atoms with van der Waals surface area (Å²) >= 11 is 0. The van der Waals surface area contributed by atoms with Gasteiger partial charge in [-0.05, 0) is 24.3 Å². The van der Waals surface area contributed by atoms with Crippen LogP contribution in [0.5, 0.6) is 5.75 Å². The summed E-state index contributed by atoms with van der Waals surface area (Å²) in [6.45, 7) is 0. The molecule has 0 radical (unpaired) electrons. The van der Waals surface area contributed by atoms with Gasteiger partial charge in [0, 0.05) is 12.0 Å². The van der Waals surface area contributed by atoms with E-state index in [9.17, 15) is 18.0 Å². The number of hydrogen-bond acceptors (Lipinski definition) is 3. The van der Waals surface area contributed by atoms with Crippen molar-refractivity contribution < 1.29 is 27.8 Å². The van der Waals surface area contributed by atoms with Gasteiger partial charge in [0.1, 0.15) is 5.75 Å². The first-order valence-electron chi connectivity index (χ1n) is 4.76. The normalized spacial score (nSPS) is 13.2. The Kier molecular flexibility index (Phi) is 4.11. The summed E-state index contributed by atoms with van der Waals surface area (Å²) in [4.78, 5) is 11.4. The van der Waals surface area contributed by atoms with Crippen molar-refractivity contribution >= 4 is 5.78 Å². The van der Waals surface area contributed by atoms with Crippen LogP contribution in [-0.2, 0) is 0 Å². The van der Waals surface area contributed by atoms with Gasteiger partial charge in [0.25, 0.3) is 0 Å². The molecule has 17 heavy (non-hydrogen) atoms. The van der Waals surface area contributed by atoms with Gasteiger partial charge in [-0.3, -0.25) is 4.79 Å². The molecule has 0 aromatic heterocycles. The van der Waals surface area contributed by atoms with Crippen LogP contribution in [0.1, 0.15) is 16.8 Å². The van der Waals surface area contributed by atoms with E-state index in [0.29, 0.717) is 5.75 Å². The second-order valence-electron chi connectivity index (χ2n) is 3.41. The molecule has 0 heterocycles. The first-order valence-corrected chi connectivity index (χ1v) is 4.76. The summed E-state index contributed by atoms with van der Waals surface area (Å²) < 4.78 is 40.9. The second kappa shape index (κ2) is 5.18. The van der Waals surface area contributed by atoms with Crippen molar-refractivity contribution in [1.29, 1.82) is 0 Å². The van der Waals surface area contributed by atoms with Crippen molar-refractivity contribution in [3.05, 3.63) is 29.8 Å². The summed E-state index contributed by atoms with van der Waals surface area (Å²) in [5.41, 5.74) is 0.106. The molecule has 0 unspecified atom stereocenters. The maximum atomic E-state index is 12.0. The summed E-state index contributed by atoms with van der Waals surface area (Å²) in [6.07, 6.45) is -8.38. The SMILES string of the molecule is COc1ccc(C(=O)C[C@@H](O)C(F)(F)F)cc1. The molecular formula is C11H11F3O3. The molecule has 0 amide bonds. The average molecular weight is 248 g/mol. The van der Waals surface area contributed by atoms with Crippen LogP contribution in [0.3, 0.4) is 0 Å². The van der Waals surface area contributed by atoms with Gasteiger partial charge in [0.2, 0.25) is 0 Å². The number of hydrogen-bond donors (Lipinski definition) is 1. The zero-order valence-corrected chi connectivity index (χ0v) is 8.99. The minimum Gasteiger partial charge on any atom is -0.497 e. The number of aliphatic hydroxyl groups is 1. The molecular weight excluding hydrogens is 237 g/mol. The van der Waals surface area contributed by atoms with Crippen LogP contribution in [0.25, 0.3) is 0 Å². The summed E-state index contributed by atoms with van der Waals surface area (Å²) in [5, 5.41) is 8.75. The molecule has 0 saturated heterocycles. The Labute approximate surface area is 95.8 Å². The van der Waals surface area contributed by atoms with Gasteiger partial charge in [0.15, 0.2) is 11.9 Å². The van der Waals surface area contributed by atoms with Crippen LogP contribution in [0, 0.1) is 0 Å². The molecule has 0 bridgehead atoms. The molecule has 0 aliphatic carbocycles. The maximum Gasteiger partial charge on any atom is 0.414 e. The summed E-state index contributed by atoms with van der Waals surface area (Å²) in [6, 6.07) is 5.63. The van der Waals surface area contributed by atoms with Crippen LogP contribution in [0.15, 0.2) is 24.3 Å². The van der Waals surface area contributed by atoms with Crippen molar-refractivity contribution in [3.63, 3.8) is 0 Å². The van der Waals surface area contributed by atoms with E-state index in [1.165, 1.54) is 31.4 Å². The number of carbonyl (C=O) groups is 1. The number of halogens is 3. The molecule has 1 aromatic rings. The fraction of sp³-hybridized carbons (Fsp3) is 0.364. The average Bonchev–Trinajstić information content (AvgIpc) is 2.27. The predicted molar refractivity (Wildman–Crippen MR) is 54.0 cm³/mol. The second-order valence-corrected chi connectivity index (χ2v) is 3.41. The van der Waals surface area contributed by atoms with Gasteiger partial charge < -0.3 is 9.84 Å². The largest absolute Gasteiger partial charge is 0.497 e. The molecule has 0 aliphatic heterocycles. The van der Waals surface area contributed by atoms with Gasteiger partial charge in [-0.25, -0.2) is 0 Å². The lowest BCUT2D eigenvalue weighted by Crippen LogP contribution is -2.30. The highest BCUT2D eigenvalue weighted by Crippen LogP contribution is 2.23. The molecule has 1 atom stereocenters. The van der Waals surface area contributed by atoms with Gasteiger partial charge >= 0.3 is 6.18 Å². The quantitative estimate of drug-likeness (QED) is 0.831. The molecule has 1 aromatic carbocycles. The van der Waals surface area contributed by atoms with E-state index < -0.39 is 24.5 Å². The number of alkyl halides is 3. The molecule has 1 N–H and O–H groups in total. The van der Waals surface area contributed by atoms with Gasteiger partial charge in [0.05, 0.1) is 7.11 Å². The minimum absolute atomic E-state index is 0.106. The van der Waals surface area contributed by atoms with Crippen LogP contribution < -0.4 is 4.74 Å². The lowest BCUT2D eigenvalue weighted by atomic mass is 10.0. The third kappa shape index (κ3) is 3.74. The number of aliphatic hydroxyl groups excluding tert-OH is 1. The van der Waals surface area contributed by atoms with E-state index in [1.54, 1.807) is 0 Å². The molecule has 0 saturated carbocycles. The van der Waals surface area contributed by atoms with E-state index in [0.717, 1.165) is 0 Å². The van der Waals surface area contributed by atoms with Crippen LogP contribution in [0.2, 0.25) is 0 Å². The highest BCUT2D eigenvalue weighted by molar-refractivity contribution is 5.96. The number of rotatable bonds is 4. The maximum absolute atomic E-state index is 12.0. The van der Waals surface area contributed by atoms with Gasteiger partial charge in [-0.2, -0.15) is 13.2 Å². The van der Waals surface area contributed by atoms with E-state index in [1.807, 2.05) is 0 Å². The Hall–Kier alpha value is -1.56. The standard InChI is InChI=1S/C11H11F3O3/c1-17-8-4-2-7(3-5-8)9(15)6-10(16)11(12,13)14/h2-5,10,16H,6H2,1H3/t10-/m1/s1. The lowest BCUT2D eigenvalue weighted by Gasteiger charge is -2.13. The zero-order chi connectivity index (χ0) is 13.1. The predicted octanol–water partition coefficient (Wildman–Crippen LogP) is 2.19. The molecule has 1 rings (SSSR count). The fourth-order valence-electron chi connectivity index (χ4n) is 1.19. The van der Waals surface area contributed by atoms with Gasteiger partial charge in [-0.1, -0.05) is 0 Å². The van der Waals surface area contributed by atoms with Crippen molar-refractivity contribution in [2.24, 2.45) is 0 Å². The van der Waals surface area contributed by atoms with E-state index >= 15 is 0 Å². The Morgan fingerprint density at radius 3 is 2.29 bits per heavy atom. The number of carbonyl (C=O) groups excluding carboxylic acids is 1. The molecule has 0 aliphatic rings. The Bertz CT molecular complexity index is 384.